The molecule has 3 rings (SSSR count). The van der Waals surface area contributed by atoms with E-state index in [1.807, 2.05) is 54.8 Å². The fraction of sp³-hybridized carbons (Fsp3) is 0.222. The van der Waals surface area contributed by atoms with Gasteiger partial charge in [0.2, 0.25) is 5.28 Å². The number of benzene rings is 2. The second-order valence-corrected chi connectivity index (χ2v) is 6.58. The number of nitrogens with zero attached hydrogens (tertiary/aromatic N) is 2. The smallest absolute Gasteiger partial charge is 0.224 e. The number of rotatable bonds is 6. The van der Waals surface area contributed by atoms with E-state index in [1.165, 1.54) is 4.90 Å². The molecule has 1 unspecified atom stereocenters. The van der Waals surface area contributed by atoms with Crippen LogP contribution in [0, 0.1) is 0 Å². The van der Waals surface area contributed by atoms with Crippen molar-refractivity contribution >= 4 is 40.1 Å². The summed E-state index contributed by atoms with van der Waals surface area (Å²) in [5, 5.41) is 14.7. The molecule has 0 spiro atoms. The Morgan fingerprint density at radius 1 is 1.12 bits per heavy atom. The zero-order valence-electron chi connectivity index (χ0n) is 13.2. The maximum Gasteiger partial charge on any atom is 0.224 e. The van der Waals surface area contributed by atoms with Crippen molar-refractivity contribution in [2.24, 2.45) is 0 Å². The summed E-state index contributed by atoms with van der Waals surface area (Å²) >= 11 is 7.66. The first-order valence-corrected chi connectivity index (χ1v) is 9.26. The zero-order valence-corrected chi connectivity index (χ0v) is 14.8. The SMILES string of the molecule is CSc1ccc(C(O)CCNc2nc(Cl)nc3ccccc23)cc1. The van der Waals surface area contributed by atoms with Crippen LogP contribution in [-0.2, 0) is 0 Å². The number of fused-ring (bicyclic) bond motifs is 1. The first-order valence-electron chi connectivity index (χ1n) is 7.65. The highest BCUT2D eigenvalue weighted by Crippen LogP contribution is 2.24. The standard InChI is InChI=1S/C18H18ClN3OS/c1-24-13-8-6-12(7-9-13)16(23)10-11-20-17-14-4-2-3-5-15(14)21-18(19)22-17/h2-9,16,23H,10-11H2,1H3,(H,20,21,22). The maximum absolute atomic E-state index is 10.3. The molecule has 0 bridgehead atoms. The minimum atomic E-state index is -0.517. The summed E-state index contributed by atoms with van der Waals surface area (Å²) in [6.45, 7) is 0.586. The predicted molar refractivity (Wildman–Crippen MR) is 101 cm³/mol. The summed E-state index contributed by atoms with van der Waals surface area (Å²) in [5.41, 5.74) is 1.72. The number of aromatic nitrogens is 2. The molecule has 3 aromatic rings. The molecule has 24 heavy (non-hydrogen) atoms. The third-order valence-corrected chi connectivity index (χ3v) is 4.70. The van der Waals surface area contributed by atoms with Gasteiger partial charge in [0.15, 0.2) is 0 Å². The Morgan fingerprint density at radius 2 is 1.88 bits per heavy atom. The van der Waals surface area contributed by atoms with Crippen LogP contribution in [-0.4, -0.2) is 27.9 Å². The van der Waals surface area contributed by atoms with Crippen molar-refractivity contribution in [3.63, 3.8) is 0 Å². The average Bonchev–Trinajstić information content (AvgIpc) is 2.61. The first-order chi connectivity index (χ1) is 11.7. The fourth-order valence-electron chi connectivity index (χ4n) is 2.50. The summed E-state index contributed by atoms with van der Waals surface area (Å²) < 4.78 is 0. The molecule has 1 atom stereocenters. The molecule has 0 radical (unpaired) electrons. The van der Waals surface area contributed by atoms with Gasteiger partial charge in [-0.2, -0.15) is 0 Å². The van der Waals surface area contributed by atoms with Gasteiger partial charge in [0, 0.05) is 16.8 Å². The lowest BCUT2D eigenvalue weighted by Crippen LogP contribution is -2.09. The number of hydrogen-bond donors (Lipinski definition) is 2. The van der Waals surface area contributed by atoms with Gasteiger partial charge in [0.05, 0.1) is 11.6 Å². The van der Waals surface area contributed by atoms with Gasteiger partial charge >= 0.3 is 0 Å². The largest absolute Gasteiger partial charge is 0.388 e. The number of aliphatic hydroxyl groups is 1. The number of nitrogens with one attached hydrogen (secondary N) is 1. The van der Waals surface area contributed by atoms with E-state index in [1.54, 1.807) is 11.8 Å². The highest BCUT2D eigenvalue weighted by molar-refractivity contribution is 7.98. The Bertz CT molecular complexity index is 826. The van der Waals surface area contributed by atoms with E-state index in [2.05, 4.69) is 15.3 Å². The molecular weight excluding hydrogens is 342 g/mol. The molecule has 0 aliphatic heterocycles. The zero-order chi connectivity index (χ0) is 16.9. The predicted octanol–water partition coefficient (Wildman–Crippen LogP) is 4.54. The highest BCUT2D eigenvalue weighted by Gasteiger charge is 2.09. The number of anilines is 1. The van der Waals surface area contributed by atoms with Crippen molar-refractivity contribution in [3.05, 3.63) is 59.4 Å². The van der Waals surface area contributed by atoms with Crippen molar-refractivity contribution < 1.29 is 5.11 Å². The molecule has 4 nitrogen and oxygen atoms in total. The minimum Gasteiger partial charge on any atom is -0.388 e. The Kier molecular flexibility index (Phi) is 5.56. The maximum atomic E-state index is 10.3. The van der Waals surface area contributed by atoms with Crippen molar-refractivity contribution in [2.75, 3.05) is 18.1 Å². The topological polar surface area (TPSA) is 58.0 Å². The molecule has 0 saturated heterocycles. The van der Waals surface area contributed by atoms with Crippen LogP contribution in [0.2, 0.25) is 5.28 Å². The quantitative estimate of drug-likeness (QED) is 0.499. The number of thioether (sulfide) groups is 1. The molecule has 0 amide bonds. The van der Waals surface area contributed by atoms with Gasteiger partial charge in [-0.05, 0) is 54.1 Å². The third-order valence-electron chi connectivity index (χ3n) is 3.79. The summed E-state index contributed by atoms with van der Waals surface area (Å²) in [5.74, 6) is 0.690. The van der Waals surface area contributed by atoms with Crippen LogP contribution in [0.25, 0.3) is 10.9 Å². The molecule has 0 aliphatic rings. The minimum absolute atomic E-state index is 0.212. The Morgan fingerprint density at radius 3 is 2.62 bits per heavy atom. The third kappa shape index (κ3) is 3.98. The molecule has 2 N–H and O–H groups in total. The van der Waals surface area contributed by atoms with E-state index in [9.17, 15) is 5.11 Å². The van der Waals surface area contributed by atoms with Crippen LogP contribution in [0.1, 0.15) is 18.1 Å². The van der Waals surface area contributed by atoms with E-state index in [0.717, 1.165) is 16.5 Å². The van der Waals surface area contributed by atoms with Crippen LogP contribution >= 0.6 is 23.4 Å². The van der Waals surface area contributed by atoms with Gasteiger partial charge < -0.3 is 10.4 Å². The average molecular weight is 360 g/mol. The lowest BCUT2D eigenvalue weighted by Gasteiger charge is -2.13. The molecule has 6 heteroatoms. The number of hydrogen-bond acceptors (Lipinski definition) is 5. The highest BCUT2D eigenvalue weighted by atomic mass is 35.5. The van der Waals surface area contributed by atoms with Gasteiger partial charge in [-0.3, -0.25) is 0 Å². The van der Waals surface area contributed by atoms with Crippen LogP contribution in [0.3, 0.4) is 0 Å². The van der Waals surface area contributed by atoms with Crippen LogP contribution in [0.15, 0.2) is 53.4 Å². The van der Waals surface area contributed by atoms with Gasteiger partial charge in [-0.15, -0.1) is 11.8 Å². The molecule has 0 saturated carbocycles. The molecule has 124 valence electrons. The summed E-state index contributed by atoms with van der Waals surface area (Å²) in [7, 11) is 0. The molecule has 0 fully saturated rings. The van der Waals surface area contributed by atoms with Gasteiger partial charge in [0.1, 0.15) is 5.82 Å². The summed E-state index contributed by atoms with van der Waals surface area (Å²) in [6, 6.07) is 15.7. The van der Waals surface area contributed by atoms with E-state index in [-0.39, 0.29) is 5.28 Å². The molecule has 0 aliphatic carbocycles. The van der Waals surface area contributed by atoms with Crippen LogP contribution in [0.5, 0.6) is 0 Å². The summed E-state index contributed by atoms with van der Waals surface area (Å²) in [6.07, 6.45) is 2.10. The molecular formula is C18H18ClN3OS. The van der Waals surface area contributed by atoms with E-state index < -0.39 is 6.10 Å². The number of halogens is 1. The van der Waals surface area contributed by atoms with Gasteiger partial charge in [-0.25, -0.2) is 9.97 Å². The Hall–Kier alpha value is -1.82. The monoisotopic (exact) mass is 359 g/mol. The normalized spacial score (nSPS) is 12.3. The summed E-state index contributed by atoms with van der Waals surface area (Å²) in [4.78, 5) is 9.65. The molecule has 2 aromatic carbocycles. The first kappa shape index (κ1) is 17.0. The van der Waals surface area contributed by atoms with E-state index >= 15 is 0 Å². The van der Waals surface area contributed by atoms with Crippen LogP contribution in [0.4, 0.5) is 5.82 Å². The Balaban J connectivity index is 1.65. The molecule has 1 heterocycles. The lowest BCUT2D eigenvalue weighted by molar-refractivity contribution is 0.171. The lowest BCUT2D eigenvalue weighted by atomic mass is 10.1. The van der Waals surface area contributed by atoms with Crippen molar-refractivity contribution in [3.8, 4) is 0 Å². The molecule has 1 aromatic heterocycles. The number of para-hydroxylation sites is 1. The van der Waals surface area contributed by atoms with Crippen molar-refractivity contribution in [1.82, 2.24) is 9.97 Å². The fourth-order valence-corrected chi connectivity index (χ4v) is 3.09. The second-order valence-electron chi connectivity index (χ2n) is 5.36. The van der Waals surface area contributed by atoms with E-state index in [4.69, 9.17) is 11.6 Å². The van der Waals surface area contributed by atoms with Crippen molar-refractivity contribution in [2.45, 2.75) is 17.4 Å². The Labute approximate surface area is 150 Å². The number of aliphatic hydroxyl groups excluding tert-OH is 1. The second kappa shape index (κ2) is 7.83. The van der Waals surface area contributed by atoms with Crippen LogP contribution < -0.4 is 5.32 Å². The van der Waals surface area contributed by atoms with Crippen molar-refractivity contribution in [1.29, 1.82) is 0 Å². The van der Waals surface area contributed by atoms with E-state index in [0.29, 0.717) is 18.8 Å². The van der Waals surface area contributed by atoms with Gasteiger partial charge in [0.25, 0.3) is 0 Å². The van der Waals surface area contributed by atoms with Gasteiger partial charge in [-0.1, -0.05) is 24.3 Å².